The lowest BCUT2D eigenvalue weighted by Gasteiger charge is -2.16. The minimum atomic E-state index is -0.0659. The third-order valence-corrected chi connectivity index (χ3v) is 4.84. The molecule has 21 heavy (non-hydrogen) atoms. The summed E-state index contributed by atoms with van der Waals surface area (Å²) in [4.78, 5) is 14.5. The van der Waals surface area contributed by atoms with E-state index in [1.54, 1.807) is 0 Å². The first-order chi connectivity index (χ1) is 9.90. The van der Waals surface area contributed by atoms with E-state index in [2.05, 4.69) is 34.0 Å². The molecule has 0 aromatic heterocycles. The van der Waals surface area contributed by atoms with Crippen LogP contribution in [0.3, 0.4) is 0 Å². The van der Waals surface area contributed by atoms with Crippen LogP contribution in [0.5, 0.6) is 0 Å². The Morgan fingerprint density at radius 1 is 1.10 bits per heavy atom. The van der Waals surface area contributed by atoms with Gasteiger partial charge in [0, 0.05) is 29.0 Å². The topological polar surface area (TPSA) is 32.3 Å². The van der Waals surface area contributed by atoms with Crippen LogP contribution >= 0.6 is 22.6 Å². The van der Waals surface area contributed by atoms with E-state index in [0.29, 0.717) is 5.56 Å². The van der Waals surface area contributed by atoms with Gasteiger partial charge in [0.25, 0.3) is 5.91 Å². The lowest BCUT2D eigenvalue weighted by atomic mass is 10.1. The molecule has 0 aliphatic rings. The fourth-order valence-corrected chi connectivity index (χ4v) is 2.68. The monoisotopic (exact) mass is 394 g/mol. The Morgan fingerprint density at radius 3 is 2.43 bits per heavy atom. The summed E-state index contributed by atoms with van der Waals surface area (Å²) in [6.45, 7) is 4.01. The number of hydrogen-bond acceptors (Lipinski definition) is 2. The molecular weight excluding hydrogens is 375 g/mol. The van der Waals surface area contributed by atoms with Crippen molar-refractivity contribution in [2.45, 2.75) is 13.8 Å². The molecule has 0 fully saturated rings. The van der Waals surface area contributed by atoms with Gasteiger partial charge in [-0.3, -0.25) is 4.79 Å². The van der Waals surface area contributed by atoms with Crippen molar-refractivity contribution >= 4 is 39.9 Å². The molecule has 0 bridgehead atoms. The summed E-state index contributed by atoms with van der Waals surface area (Å²) < 4.78 is 0.996. The largest absolute Gasteiger partial charge is 0.378 e. The number of benzene rings is 2. The molecule has 1 amide bonds. The Labute approximate surface area is 139 Å². The first kappa shape index (κ1) is 15.8. The maximum atomic E-state index is 12.4. The highest BCUT2D eigenvalue weighted by Gasteiger charge is 2.12. The highest BCUT2D eigenvalue weighted by molar-refractivity contribution is 14.1. The van der Waals surface area contributed by atoms with E-state index in [1.807, 2.05) is 63.2 Å². The van der Waals surface area contributed by atoms with Crippen LogP contribution in [0, 0.1) is 17.4 Å². The van der Waals surface area contributed by atoms with Gasteiger partial charge in [0.15, 0.2) is 0 Å². The zero-order valence-electron chi connectivity index (χ0n) is 12.7. The molecule has 3 nitrogen and oxygen atoms in total. The van der Waals surface area contributed by atoms with Crippen LogP contribution in [0.15, 0.2) is 36.4 Å². The average Bonchev–Trinajstić information content (AvgIpc) is 2.43. The van der Waals surface area contributed by atoms with E-state index in [1.165, 1.54) is 0 Å². The van der Waals surface area contributed by atoms with E-state index in [-0.39, 0.29) is 5.91 Å². The minimum Gasteiger partial charge on any atom is -0.378 e. The van der Waals surface area contributed by atoms with Gasteiger partial charge in [-0.25, -0.2) is 0 Å². The van der Waals surface area contributed by atoms with Gasteiger partial charge >= 0.3 is 0 Å². The van der Waals surface area contributed by atoms with Crippen molar-refractivity contribution in [1.29, 1.82) is 0 Å². The average molecular weight is 394 g/mol. The molecule has 0 aliphatic heterocycles. The summed E-state index contributed by atoms with van der Waals surface area (Å²) in [5.41, 5.74) is 4.85. The standard InChI is InChI=1S/C17H19IN2O/c1-11-6-5-7-14(16(11)18)17(21)19-15-9-8-13(20(3)4)10-12(15)2/h5-10H,1-4H3,(H,19,21). The van der Waals surface area contributed by atoms with Gasteiger partial charge in [-0.1, -0.05) is 12.1 Å². The van der Waals surface area contributed by atoms with Crippen molar-refractivity contribution in [3.05, 3.63) is 56.7 Å². The van der Waals surface area contributed by atoms with Crippen molar-refractivity contribution < 1.29 is 4.79 Å². The predicted molar refractivity (Wildman–Crippen MR) is 97.4 cm³/mol. The fourth-order valence-electron chi connectivity index (χ4n) is 2.08. The number of nitrogens with one attached hydrogen (secondary N) is 1. The van der Waals surface area contributed by atoms with Gasteiger partial charge in [-0.2, -0.15) is 0 Å². The number of rotatable bonds is 3. The summed E-state index contributed by atoms with van der Waals surface area (Å²) in [6, 6.07) is 11.8. The second kappa shape index (κ2) is 6.47. The Morgan fingerprint density at radius 2 is 1.81 bits per heavy atom. The quantitative estimate of drug-likeness (QED) is 0.791. The highest BCUT2D eigenvalue weighted by Crippen LogP contribution is 2.23. The van der Waals surface area contributed by atoms with Gasteiger partial charge in [0.2, 0.25) is 0 Å². The lowest BCUT2D eigenvalue weighted by molar-refractivity contribution is 0.102. The SMILES string of the molecule is Cc1cc(N(C)C)ccc1NC(=O)c1cccc(C)c1I. The van der Waals surface area contributed by atoms with Crippen LogP contribution in [0.1, 0.15) is 21.5 Å². The molecule has 1 N–H and O–H groups in total. The zero-order chi connectivity index (χ0) is 15.6. The number of hydrogen-bond donors (Lipinski definition) is 1. The number of nitrogens with zero attached hydrogens (tertiary/aromatic N) is 1. The molecular formula is C17H19IN2O. The zero-order valence-corrected chi connectivity index (χ0v) is 14.9. The molecule has 0 radical (unpaired) electrons. The predicted octanol–water partition coefficient (Wildman–Crippen LogP) is 4.23. The molecule has 0 saturated carbocycles. The first-order valence-corrected chi connectivity index (χ1v) is 7.82. The smallest absolute Gasteiger partial charge is 0.256 e. The van der Waals surface area contributed by atoms with Crippen LogP contribution in [0.2, 0.25) is 0 Å². The third-order valence-electron chi connectivity index (χ3n) is 3.41. The van der Waals surface area contributed by atoms with Crippen molar-refractivity contribution in [3.8, 4) is 0 Å². The normalized spacial score (nSPS) is 10.3. The van der Waals surface area contributed by atoms with E-state index in [9.17, 15) is 4.79 Å². The van der Waals surface area contributed by atoms with Crippen LogP contribution in [-0.2, 0) is 0 Å². The lowest BCUT2D eigenvalue weighted by Crippen LogP contribution is -2.15. The van der Waals surface area contributed by atoms with Gasteiger partial charge in [0.05, 0.1) is 5.56 Å². The van der Waals surface area contributed by atoms with Gasteiger partial charge < -0.3 is 10.2 Å². The summed E-state index contributed by atoms with van der Waals surface area (Å²) in [7, 11) is 4.00. The molecule has 0 saturated heterocycles. The van der Waals surface area contributed by atoms with E-state index < -0.39 is 0 Å². The van der Waals surface area contributed by atoms with E-state index >= 15 is 0 Å². The number of carbonyl (C=O) groups is 1. The molecule has 0 spiro atoms. The summed E-state index contributed by atoms with van der Waals surface area (Å²) in [6.07, 6.45) is 0. The molecule has 0 heterocycles. The Bertz CT molecular complexity index is 680. The number of amides is 1. The highest BCUT2D eigenvalue weighted by atomic mass is 127. The Hall–Kier alpha value is -1.56. The number of carbonyl (C=O) groups excluding carboxylic acids is 1. The number of anilines is 2. The first-order valence-electron chi connectivity index (χ1n) is 6.74. The molecule has 2 aromatic carbocycles. The van der Waals surface area contributed by atoms with Gasteiger partial charge in [-0.15, -0.1) is 0 Å². The third kappa shape index (κ3) is 3.56. The Balaban J connectivity index is 2.26. The molecule has 0 atom stereocenters. The van der Waals surface area contributed by atoms with Crippen molar-refractivity contribution in [1.82, 2.24) is 0 Å². The van der Waals surface area contributed by atoms with Crippen LogP contribution < -0.4 is 10.2 Å². The second-order valence-corrected chi connectivity index (χ2v) is 6.36. The summed E-state index contributed by atoms with van der Waals surface area (Å²) in [5, 5.41) is 3.00. The summed E-state index contributed by atoms with van der Waals surface area (Å²) in [5.74, 6) is -0.0659. The minimum absolute atomic E-state index is 0.0659. The molecule has 110 valence electrons. The van der Waals surface area contributed by atoms with E-state index in [0.717, 1.165) is 26.1 Å². The molecule has 2 aromatic rings. The molecule has 2 rings (SSSR count). The maximum Gasteiger partial charge on any atom is 0.256 e. The summed E-state index contributed by atoms with van der Waals surface area (Å²) >= 11 is 2.22. The maximum absolute atomic E-state index is 12.4. The van der Waals surface area contributed by atoms with Crippen LogP contribution in [0.4, 0.5) is 11.4 Å². The van der Waals surface area contributed by atoms with Crippen molar-refractivity contribution in [3.63, 3.8) is 0 Å². The molecule has 0 unspecified atom stereocenters. The van der Waals surface area contributed by atoms with Crippen molar-refractivity contribution in [2.75, 3.05) is 24.3 Å². The molecule has 0 aliphatic carbocycles. The second-order valence-electron chi connectivity index (χ2n) is 5.28. The Kier molecular flexibility index (Phi) is 4.88. The fraction of sp³-hybridized carbons (Fsp3) is 0.235. The van der Waals surface area contributed by atoms with Gasteiger partial charge in [0.1, 0.15) is 0 Å². The van der Waals surface area contributed by atoms with Gasteiger partial charge in [-0.05, 0) is 71.8 Å². The molecule has 4 heteroatoms. The van der Waals surface area contributed by atoms with Crippen molar-refractivity contribution in [2.24, 2.45) is 0 Å². The van der Waals surface area contributed by atoms with E-state index in [4.69, 9.17) is 0 Å². The number of halogens is 1. The van der Waals surface area contributed by atoms with Crippen LogP contribution in [0.25, 0.3) is 0 Å². The van der Waals surface area contributed by atoms with Crippen LogP contribution in [-0.4, -0.2) is 20.0 Å². The number of aryl methyl sites for hydroxylation is 2.